The summed E-state index contributed by atoms with van der Waals surface area (Å²) >= 11 is 11.2. The summed E-state index contributed by atoms with van der Waals surface area (Å²) in [4.78, 5) is 0. The van der Waals surface area contributed by atoms with Crippen molar-refractivity contribution < 1.29 is 4.39 Å². The molecule has 1 aromatic rings. The average Bonchev–Trinajstić information content (AvgIpc) is 2.08. The van der Waals surface area contributed by atoms with Gasteiger partial charge >= 0.3 is 0 Å². The van der Waals surface area contributed by atoms with E-state index in [-0.39, 0.29) is 22.3 Å². The van der Waals surface area contributed by atoms with Crippen molar-refractivity contribution in [3.8, 4) is 0 Å². The van der Waals surface area contributed by atoms with Gasteiger partial charge in [0.2, 0.25) is 0 Å². The molecule has 0 radical (unpaired) electrons. The second-order valence-corrected chi connectivity index (χ2v) is 3.02. The first-order valence-corrected chi connectivity index (χ1v) is 3.95. The highest BCUT2D eigenvalue weighted by atomic mass is 35.5. The van der Waals surface area contributed by atoms with Gasteiger partial charge in [0.15, 0.2) is 0 Å². The molecule has 5 heteroatoms. The molecule has 0 fully saturated rings. The first-order chi connectivity index (χ1) is 5.57. The van der Waals surface area contributed by atoms with Gasteiger partial charge in [0.25, 0.3) is 0 Å². The number of halogens is 3. The summed E-state index contributed by atoms with van der Waals surface area (Å²) in [7, 11) is 0. The normalized spacial score (nSPS) is 10.3. The van der Waals surface area contributed by atoms with Crippen LogP contribution in [0.5, 0.6) is 0 Å². The Balaban J connectivity index is 3.39. The van der Waals surface area contributed by atoms with Crippen LogP contribution in [0.4, 0.5) is 10.1 Å². The molecule has 4 N–H and O–H groups in total. The Kier molecular flexibility index (Phi) is 2.77. The van der Waals surface area contributed by atoms with Crippen molar-refractivity contribution in [2.75, 3.05) is 5.73 Å². The number of hydrogen-bond acceptors (Lipinski definition) is 2. The molecule has 2 nitrogen and oxygen atoms in total. The highest BCUT2D eigenvalue weighted by molar-refractivity contribution is 6.39. The predicted molar refractivity (Wildman–Crippen MR) is 48.7 cm³/mol. The van der Waals surface area contributed by atoms with Gasteiger partial charge in [-0.15, -0.1) is 0 Å². The van der Waals surface area contributed by atoms with E-state index in [9.17, 15) is 4.39 Å². The molecule has 1 aromatic carbocycles. The number of nitrogens with two attached hydrogens (primary N) is 2. The Morgan fingerprint density at radius 2 is 1.92 bits per heavy atom. The van der Waals surface area contributed by atoms with Gasteiger partial charge in [-0.2, -0.15) is 0 Å². The van der Waals surface area contributed by atoms with E-state index in [0.717, 1.165) is 0 Å². The molecule has 0 saturated carbocycles. The Labute approximate surface area is 79.2 Å². The van der Waals surface area contributed by atoms with Gasteiger partial charge < -0.3 is 11.5 Å². The quantitative estimate of drug-likeness (QED) is 0.550. The van der Waals surface area contributed by atoms with Crippen molar-refractivity contribution >= 4 is 28.9 Å². The highest BCUT2D eigenvalue weighted by Gasteiger charge is 2.11. The van der Waals surface area contributed by atoms with E-state index < -0.39 is 5.82 Å². The predicted octanol–water partition coefficient (Wildman–Crippen LogP) is 2.17. The molecule has 0 aliphatic heterocycles. The van der Waals surface area contributed by atoms with Crippen LogP contribution in [0.2, 0.25) is 10.0 Å². The number of rotatable bonds is 1. The van der Waals surface area contributed by atoms with Crippen LogP contribution in [0.25, 0.3) is 0 Å². The molecule has 0 amide bonds. The van der Waals surface area contributed by atoms with Crippen LogP contribution in [-0.2, 0) is 6.54 Å². The van der Waals surface area contributed by atoms with Crippen molar-refractivity contribution in [3.05, 3.63) is 27.5 Å². The molecule has 0 heterocycles. The number of hydrogen-bond donors (Lipinski definition) is 2. The van der Waals surface area contributed by atoms with Crippen LogP contribution in [0.3, 0.4) is 0 Å². The fourth-order valence-corrected chi connectivity index (χ4v) is 1.25. The van der Waals surface area contributed by atoms with Crippen LogP contribution in [0, 0.1) is 5.82 Å². The van der Waals surface area contributed by atoms with Crippen molar-refractivity contribution in [2.45, 2.75) is 6.54 Å². The van der Waals surface area contributed by atoms with Crippen molar-refractivity contribution in [2.24, 2.45) is 5.73 Å². The van der Waals surface area contributed by atoms with Crippen LogP contribution >= 0.6 is 23.2 Å². The zero-order chi connectivity index (χ0) is 9.30. The van der Waals surface area contributed by atoms with E-state index in [2.05, 4.69) is 0 Å². The van der Waals surface area contributed by atoms with Gasteiger partial charge in [0, 0.05) is 6.54 Å². The molecule has 0 bridgehead atoms. The largest absolute Gasteiger partial charge is 0.396 e. The van der Waals surface area contributed by atoms with E-state index in [0.29, 0.717) is 5.56 Å². The molecule has 0 aromatic heterocycles. The lowest BCUT2D eigenvalue weighted by Gasteiger charge is -2.06. The SMILES string of the molecule is NCc1cc(F)c(Cl)c(N)c1Cl. The first kappa shape index (κ1) is 9.58. The maximum Gasteiger partial charge on any atom is 0.144 e. The molecule has 0 aliphatic rings. The van der Waals surface area contributed by atoms with Crippen LogP contribution in [-0.4, -0.2) is 0 Å². The summed E-state index contributed by atoms with van der Waals surface area (Å²) in [6, 6.07) is 1.18. The minimum absolute atomic E-state index is 0.0405. The van der Waals surface area contributed by atoms with E-state index in [1.165, 1.54) is 6.07 Å². The highest BCUT2D eigenvalue weighted by Crippen LogP contribution is 2.32. The maximum atomic E-state index is 12.9. The molecule has 1 rings (SSSR count). The summed E-state index contributed by atoms with van der Waals surface area (Å²) in [5.74, 6) is -0.598. The Hall–Kier alpha value is -0.510. The fourth-order valence-electron chi connectivity index (χ4n) is 0.826. The van der Waals surface area contributed by atoms with E-state index in [1.807, 2.05) is 0 Å². The maximum absolute atomic E-state index is 12.9. The van der Waals surface area contributed by atoms with Crippen LogP contribution in [0.1, 0.15) is 5.56 Å². The molecule has 12 heavy (non-hydrogen) atoms. The third-order valence-corrected chi connectivity index (χ3v) is 2.32. The van der Waals surface area contributed by atoms with Crippen molar-refractivity contribution in [1.82, 2.24) is 0 Å². The van der Waals surface area contributed by atoms with Crippen molar-refractivity contribution in [1.29, 1.82) is 0 Å². The topological polar surface area (TPSA) is 52.0 Å². The first-order valence-electron chi connectivity index (χ1n) is 3.19. The Morgan fingerprint density at radius 3 is 2.42 bits per heavy atom. The lowest BCUT2D eigenvalue weighted by atomic mass is 10.2. The molecule has 0 saturated heterocycles. The standard InChI is InChI=1S/C7H7Cl2FN2/c8-5-3(2-11)1-4(10)6(9)7(5)12/h1H,2,11-12H2. The fraction of sp³-hybridized carbons (Fsp3) is 0.143. The Bertz CT molecular complexity index is 315. The minimum atomic E-state index is -0.598. The number of benzene rings is 1. The molecule has 66 valence electrons. The van der Waals surface area contributed by atoms with Gasteiger partial charge in [-0.3, -0.25) is 0 Å². The molecular formula is C7H7Cl2FN2. The van der Waals surface area contributed by atoms with Gasteiger partial charge in [0.05, 0.1) is 10.7 Å². The second kappa shape index (κ2) is 3.47. The van der Waals surface area contributed by atoms with Gasteiger partial charge in [-0.05, 0) is 11.6 Å². The van der Waals surface area contributed by atoms with Crippen LogP contribution in [0.15, 0.2) is 6.07 Å². The van der Waals surface area contributed by atoms with Gasteiger partial charge in [0.1, 0.15) is 10.8 Å². The molecule has 0 aliphatic carbocycles. The Morgan fingerprint density at radius 1 is 1.33 bits per heavy atom. The molecule has 0 spiro atoms. The van der Waals surface area contributed by atoms with E-state index in [4.69, 9.17) is 34.7 Å². The minimum Gasteiger partial charge on any atom is -0.396 e. The zero-order valence-corrected chi connectivity index (χ0v) is 7.58. The third kappa shape index (κ3) is 1.48. The number of nitrogen functional groups attached to an aromatic ring is 1. The summed E-state index contributed by atoms with van der Waals surface area (Å²) in [6.45, 7) is 0.136. The second-order valence-electron chi connectivity index (χ2n) is 2.26. The summed E-state index contributed by atoms with van der Waals surface area (Å²) in [5.41, 5.74) is 11.2. The molecule has 0 atom stereocenters. The molecular weight excluding hydrogens is 202 g/mol. The zero-order valence-electron chi connectivity index (χ0n) is 6.07. The van der Waals surface area contributed by atoms with E-state index >= 15 is 0 Å². The monoisotopic (exact) mass is 208 g/mol. The van der Waals surface area contributed by atoms with Crippen molar-refractivity contribution in [3.63, 3.8) is 0 Å². The van der Waals surface area contributed by atoms with Gasteiger partial charge in [-0.25, -0.2) is 4.39 Å². The molecule has 0 unspecified atom stereocenters. The third-order valence-electron chi connectivity index (χ3n) is 1.49. The average molecular weight is 209 g/mol. The summed E-state index contributed by atoms with van der Waals surface area (Å²) in [6.07, 6.45) is 0. The van der Waals surface area contributed by atoms with Gasteiger partial charge in [-0.1, -0.05) is 23.2 Å². The summed E-state index contributed by atoms with van der Waals surface area (Å²) in [5, 5.41) is 0.0705. The van der Waals surface area contributed by atoms with E-state index in [1.54, 1.807) is 0 Å². The smallest absolute Gasteiger partial charge is 0.144 e. The lowest BCUT2D eigenvalue weighted by Crippen LogP contribution is -2.01. The number of anilines is 1. The summed E-state index contributed by atoms with van der Waals surface area (Å²) < 4.78 is 12.9. The lowest BCUT2D eigenvalue weighted by molar-refractivity contribution is 0.626. The van der Waals surface area contributed by atoms with Crippen LogP contribution < -0.4 is 11.5 Å².